The number of anilines is 2. The SMILES string of the molecule is CN1CCCN(c2ccc(N)c(OC(C)(C)C)n2)CC1=O. The van der Waals surface area contributed by atoms with Crippen molar-refractivity contribution in [2.45, 2.75) is 32.8 Å². The Morgan fingerprint density at radius 2 is 2.00 bits per heavy atom. The van der Waals surface area contributed by atoms with E-state index in [0.29, 0.717) is 18.1 Å². The molecule has 1 aliphatic heterocycles. The van der Waals surface area contributed by atoms with Crippen molar-refractivity contribution in [2.24, 2.45) is 0 Å². The molecule has 0 unspecified atom stereocenters. The summed E-state index contributed by atoms with van der Waals surface area (Å²) in [6.07, 6.45) is 0.920. The Morgan fingerprint density at radius 3 is 2.67 bits per heavy atom. The summed E-state index contributed by atoms with van der Waals surface area (Å²) in [4.78, 5) is 20.2. The highest BCUT2D eigenvalue weighted by molar-refractivity contribution is 5.81. The molecule has 1 aliphatic rings. The van der Waals surface area contributed by atoms with E-state index >= 15 is 0 Å². The van der Waals surface area contributed by atoms with Gasteiger partial charge >= 0.3 is 0 Å². The van der Waals surface area contributed by atoms with Gasteiger partial charge in [-0.15, -0.1) is 0 Å². The molecule has 1 amide bonds. The molecule has 0 aromatic carbocycles. The predicted molar refractivity (Wildman–Crippen MR) is 83.5 cm³/mol. The first-order chi connectivity index (χ1) is 9.76. The van der Waals surface area contributed by atoms with Gasteiger partial charge in [0.15, 0.2) is 0 Å². The van der Waals surface area contributed by atoms with Crippen LogP contribution in [0, 0.1) is 0 Å². The molecular formula is C15H24N4O2. The van der Waals surface area contributed by atoms with Crippen LogP contribution in [0.15, 0.2) is 12.1 Å². The smallest absolute Gasteiger partial charge is 0.241 e. The summed E-state index contributed by atoms with van der Waals surface area (Å²) in [5.41, 5.74) is 6.07. The third-order valence-electron chi connectivity index (χ3n) is 3.28. The normalized spacial score (nSPS) is 16.9. The van der Waals surface area contributed by atoms with Crippen LogP contribution in [0.4, 0.5) is 11.5 Å². The van der Waals surface area contributed by atoms with E-state index in [-0.39, 0.29) is 11.5 Å². The van der Waals surface area contributed by atoms with Crippen molar-refractivity contribution in [2.75, 3.05) is 37.3 Å². The van der Waals surface area contributed by atoms with Crippen molar-refractivity contribution >= 4 is 17.4 Å². The van der Waals surface area contributed by atoms with E-state index in [4.69, 9.17) is 10.5 Å². The Bertz CT molecular complexity index is 525. The molecule has 2 N–H and O–H groups in total. The average Bonchev–Trinajstić information content (AvgIpc) is 2.53. The van der Waals surface area contributed by atoms with E-state index in [1.165, 1.54) is 0 Å². The minimum Gasteiger partial charge on any atom is -0.470 e. The molecule has 0 aliphatic carbocycles. The number of carbonyl (C=O) groups excluding carboxylic acids is 1. The lowest BCUT2D eigenvalue weighted by Crippen LogP contribution is -2.34. The lowest BCUT2D eigenvalue weighted by Gasteiger charge is -2.25. The third-order valence-corrected chi connectivity index (χ3v) is 3.28. The van der Waals surface area contributed by atoms with Gasteiger partial charge in [0.25, 0.3) is 0 Å². The van der Waals surface area contributed by atoms with Gasteiger partial charge in [0, 0.05) is 20.1 Å². The van der Waals surface area contributed by atoms with E-state index in [0.717, 1.165) is 25.3 Å². The summed E-state index contributed by atoms with van der Waals surface area (Å²) in [7, 11) is 1.83. The van der Waals surface area contributed by atoms with Crippen LogP contribution in [0.3, 0.4) is 0 Å². The largest absolute Gasteiger partial charge is 0.470 e. The molecule has 0 bridgehead atoms. The molecule has 21 heavy (non-hydrogen) atoms. The zero-order valence-electron chi connectivity index (χ0n) is 13.2. The Kier molecular flexibility index (Phi) is 4.25. The topological polar surface area (TPSA) is 71.7 Å². The summed E-state index contributed by atoms with van der Waals surface area (Å²) >= 11 is 0. The van der Waals surface area contributed by atoms with Gasteiger partial charge in [-0.05, 0) is 39.3 Å². The molecule has 6 nitrogen and oxygen atoms in total. The fourth-order valence-corrected chi connectivity index (χ4v) is 2.17. The van der Waals surface area contributed by atoms with Crippen LogP contribution in [0.25, 0.3) is 0 Å². The number of pyridine rings is 1. The van der Waals surface area contributed by atoms with Crippen LogP contribution in [-0.2, 0) is 4.79 Å². The van der Waals surface area contributed by atoms with Crippen molar-refractivity contribution in [1.29, 1.82) is 0 Å². The Morgan fingerprint density at radius 1 is 1.29 bits per heavy atom. The van der Waals surface area contributed by atoms with Gasteiger partial charge in [-0.25, -0.2) is 0 Å². The molecule has 0 spiro atoms. The van der Waals surface area contributed by atoms with Crippen LogP contribution < -0.4 is 15.4 Å². The van der Waals surface area contributed by atoms with E-state index in [1.807, 2.05) is 38.8 Å². The van der Waals surface area contributed by atoms with Crippen LogP contribution >= 0.6 is 0 Å². The lowest BCUT2D eigenvalue weighted by molar-refractivity contribution is -0.127. The molecule has 0 radical (unpaired) electrons. The number of likely N-dealkylation sites (N-methyl/N-ethyl adjacent to an activating group) is 1. The van der Waals surface area contributed by atoms with Crippen molar-refractivity contribution in [3.8, 4) is 5.88 Å². The number of nitrogens with zero attached hydrogens (tertiary/aromatic N) is 3. The van der Waals surface area contributed by atoms with Gasteiger partial charge < -0.3 is 20.3 Å². The van der Waals surface area contributed by atoms with Crippen LogP contribution in [0.1, 0.15) is 27.2 Å². The fourth-order valence-electron chi connectivity index (χ4n) is 2.17. The maximum absolute atomic E-state index is 12.0. The summed E-state index contributed by atoms with van der Waals surface area (Å²) < 4.78 is 5.79. The van der Waals surface area contributed by atoms with Crippen molar-refractivity contribution in [1.82, 2.24) is 9.88 Å². The van der Waals surface area contributed by atoms with E-state index < -0.39 is 0 Å². The standard InChI is InChI=1S/C15H24N4O2/c1-15(2,3)21-14-11(16)6-7-12(17-14)19-9-5-8-18(4)13(20)10-19/h6-7H,5,8-10,16H2,1-4H3. The highest BCUT2D eigenvalue weighted by Crippen LogP contribution is 2.27. The Hall–Kier alpha value is -1.98. The molecule has 0 saturated carbocycles. The number of hydrogen-bond donors (Lipinski definition) is 1. The molecular weight excluding hydrogens is 268 g/mol. The van der Waals surface area contributed by atoms with Crippen molar-refractivity contribution < 1.29 is 9.53 Å². The van der Waals surface area contributed by atoms with Gasteiger partial charge in [-0.2, -0.15) is 4.98 Å². The van der Waals surface area contributed by atoms with Gasteiger partial charge in [0.2, 0.25) is 11.8 Å². The minimum absolute atomic E-state index is 0.101. The van der Waals surface area contributed by atoms with Gasteiger partial charge in [0.1, 0.15) is 11.4 Å². The van der Waals surface area contributed by atoms with Crippen LogP contribution in [0.5, 0.6) is 5.88 Å². The molecule has 0 atom stereocenters. The first-order valence-corrected chi connectivity index (χ1v) is 7.21. The number of nitrogen functional groups attached to an aromatic ring is 1. The van der Waals surface area contributed by atoms with Gasteiger partial charge in [-0.3, -0.25) is 4.79 Å². The lowest BCUT2D eigenvalue weighted by atomic mass is 10.2. The third kappa shape index (κ3) is 4.00. The molecule has 6 heteroatoms. The first-order valence-electron chi connectivity index (χ1n) is 7.21. The van der Waals surface area contributed by atoms with E-state index in [1.54, 1.807) is 11.0 Å². The second-order valence-electron chi connectivity index (χ2n) is 6.37. The summed E-state index contributed by atoms with van der Waals surface area (Å²) in [6, 6.07) is 3.62. The molecule has 1 aromatic rings. The zero-order valence-corrected chi connectivity index (χ0v) is 13.2. The molecule has 2 heterocycles. The van der Waals surface area contributed by atoms with E-state index in [9.17, 15) is 4.79 Å². The van der Waals surface area contributed by atoms with Crippen LogP contribution in [-0.4, -0.2) is 48.1 Å². The molecule has 1 fully saturated rings. The quantitative estimate of drug-likeness (QED) is 0.894. The minimum atomic E-state index is -0.367. The molecule has 116 valence electrons. The Balaban J connectivity index is 2.23. The number of carbonyl (C=O) groups is 1. The average molecular weight is 292 g/mol. The van der Waals surface area contributed by atoms with E-state index in [2.05, 4.69) is 4.98 Å². The predicted octanol–water partition coefficient (Wildman–Crippen LogP) is 1.51. The number of nitrogens with two attached hydrogens (primary N) is 1. The second kappa shape index (κ2) is 5.79. The van der Waals surface area contributed by atoms with Gasteiger partial charge in [0.05, 0.1) is 12.2 Å². The van der Waals surface area contributed by atoms with Crippen molar-refractivity contribution in [3.05, 3.63) is 12.1 Å². The number of hydrogen-bond acceptors (Lipinski definition) is 5. The maximum atomic E-state index is 12.0. The summed E-state index contributed by atoms with van der Waals surface area (Å²) in [5.74, 6) is 1.25. The maximum Gasteiger partial charge on any atom is 0.241 e. The summed E-state index contributed by atoms with van der Waals surface area (Å²) in [6.45, 7) is 7.75. The summed E-state index contributed by atoms with van der Waals surface area (Å²) in [5, 5.41) is 0. The molecule has 2 rings (SSSR count). The highest BCUT2D eigenvalue weighted by Gasteiger charge is 2.22. The highest BCUT2D eigenvalue weighted by atomic mass is 16.5. The number of aromatic nitrogens is 1. The molecule has 1 aromatic heterocycles. The van der Waals surface area contributed by atoms with Gasteiger partial charge in [-0.1, -0.05) is 0 Å². The van der Waals surface area contributed by atoms with Crippen LogP contribution in [0.2, 0.25) is 0 Å². The first kappa shape index (κ1) is 15.4. The zero-order chi connectivity index (χ0) is 15.6. The number of ether oxygens (including phenoxy) is 1. The monoisotopic (exact) mass is 292 g/mol. The molecule has 1 saturated heterocycles. The second-order valence-corrected chi connectivity index (χ2v) is 6.37. The Labute approximate surface area is 125 Å². The number of rotatable bonds is 2. The number of amides is 1. The van der Waals surface area contributed by atoms with Crippen molar-refractivity contribution in [3.63, 3.8) is 0 Å². The fraction of sp³-hybridized carbons (Fsp3) is 0.600.